The highest BCUT2D eigenvalue weighted by atomic mass is 16.5. The Morgan fingerprint density at radius 2 is 1.93 bits per heavy atom. The van der Waals surface area contributed by atoms with E-state index in [0.717, 1.165) is 29.6 Å². The maximum absolute atomic E-state index is 12.9. The van der Waals surface area contributed by atoms with Gasteiger partial charge in [-0.2, -0.15) is 0 Å². The minimum absolute atomic E-state index is 0.0277. The number of hydrogen-bond donors (Lipinski definition) is 0. The number of nitrogens with zero attached hydrogens (tertiary/aromatic N) is 5. The van der Waals surface area contributed by atoms with Crippen LogP contribution >= 0.6 is 0 Å². The molecule has 1 unspecified atom stereocenters. The standard InChI is InChI=1S/C23H21N5O2/c29-23(18-7-5-17(6-8-18)14-27-12-10-24-16-27)28-11-9-19(15-28)30-22-13-25-20-3-1-2-4-21(20)26-22/h1-8,10,12-13,16,19H,9,11,14-15H2. The van der Waals surface area contributed by atoms with Crippen molar-refractivity contribution in [3.8, 4) is 5.88 Å². The maximum Gasteiger partial charge on any atom is 0.253 e. The molecular weight excluding hydrogens is 378 g/mol. The van der Waals surface area contributed by atoms with Crippen LogP contribution in [0.1, 0.15) is 22.3 Å². The first-order chi connectivity index (χ1) is 14.7. The van der Waals surface area contributed by atoms with Gasteiger partial charge in [-0.1, -0.05) is 24.3 Å². The molecule has 0 spiro atoms. The van der Waals surface area contributed by atoms with Crippen LogP contribution in [0.25, 0.3) is 11.0 Å². The van der Waals surface area contributed by atoms with Crippen LogP contribution in [0.5, 0.6) is 5.88 Å². The fourth-order valence-electron chi connectivity index (χ4n) is 3.70. The number of likely N-dealkylation sites (tertiary alicyclic amines) is 1. The van der Waals surface area contributed by atoms with Gasteiger partial charge >= 0.3 is 0 Å². The molecule has 1 fully saturated rings. The van der Waals surface area contributed by atoms with Crippen LogP contribution in [0.15, 0.2) is 73.4 Å². The zero-order chi connectivity index (χ0) is 20.3. The minimum Gasteiger partial charge on any atom is -0.471 e. The maximum atomic E-state index is 12.9. The topological polar surface area (TPSA) is 73.1 Å². The number of carbonyl (C=O) groups excluding carboxylic acids is 1. The van der Waals surface area contributed by atoms with Crippen molar-refractivity contribution in [3.05, 3.63) is 84.6 Å². The van der Waals surface area contributed by atoms with Gasteiger partial charge in [-0.15, -0.1) is 0 Å². The first kappa shape index (κ1) is 18.3. The molecule has 0 radical (unpaired) electrons. The summed E-state index contributed by atoms with van der Waals surface area (Å²) in [7, 11) is 0. The van der Waals surface area contributed by atoms with Crippen molar-refractivity contribution in [1.29, 1.82) is 0 Å². The van der Waals surface area contributed by atoms with Gasteiger partial charge in [-0.3, -0.25) is 4.79 Å². The molecule has 2 aromatic heterocycles. The summed E-state index contributed by atoms with van der Waals surface area (Å²) in [5.41, 5.74) is 3.46. The Kier molecular flexibility index (Phi) is 4.85. The Bertz CT molecular complexity index is 1160. The number of ether oxygens (including phenoxy) is 1. The number of rotatable bonds is 5. The Labute approximate surface area is 174 Å². The van der Waals surface area contributed by atoms with E-state index in [2.05, 4.69) is 15.0 Å². The summed E-state index contributed by atoms with van der Waals surface area (Å²) in [4.78, 5) is 27.7. The van der Waals surface area contributed by atoms with Gasteiger partial charge in [-0.25, -0.2) is 15.0 Å². The summed E-state index contributed by atoms with van der Waals surface area (Å²) >= 11 is 0. The summed E-state index contributed by atoms with van der Waals surface area (Å²) in [6.07, 6.45) is 7.80. The first-order valence-corrected chi connectivity index (χ1v) is 9.97. The molecule has 2 aromatic carbocycles. The van der Waals surface area contributed by atoms with Crippen molar-refractivity contribution in [2.24, 2.45) is 0 Å². The molecule has 0 bridgehead atoms. The number of fused-ring (bicyclic) bond motifs is 1. The molecule has 1 aliphatic heterocycles. The van der Waals surface area contributed by atoms with E-state index < -0.39 is 0 Å². The number of para-hydroxylation sites is 2. The molecule has 5 rings (SSSR count). The van der Waals surface area contributed by atoms with E-state index in [9.17, 15) is 4.79 Å². The number of aromatic nitrogens is 4. The molecule has 30 heavy (non-hydrogen) atoms. The predicted octanol–water partition coefficient (Wildman–Crippen LogP) is 3.17. The monoisotopic (exact) mass is 399 g/mol. The molecule has 1 amide bonds. The lowest BCUT2D eigenvalue weighted by Gasteiger charge is -2.17. The van der Waals surface area contributed by atoms with E-state index in [-0.39, 0.29) is 12.0 Å². The van der Waals surface area contributed by atoms with Crippen molar-refractivity contribution < 1.29 is 9.53 Å². The third-order valence-electron chi connectivity index (χ3n) is 5.27. The molecular formula is C23H21N5O2. The van der Waals surface area contributed by atoms with E-state index in [0.29, 0.717) is 24.5 Å². The summed E-state index contributed by atoms with van der Waals surface area (Å²) in [5.74, 6) is 0.525. The average molecular weight is 399 g/mol. The zero-order valence-corrected chi connectivity index (χ0v) is 16.4. The van der Waals surface area contributed by atoms with Gasteiger partial charge in [0.15, 0.2) is 0 Å². The van der Waals surface area contributed by atoms with E-state index in [1.54, 1.807) is 18.7 Å². The Morgan fingerprint density at radius 3 is 2.73 bits per heavy atom. The lowest BCUT2D eigenvalue weighted by atomic mass is 10.1. The fraction of sp³-hybridized carbons (Fsp3) is 0.217. The van der Waals surface area contributed by atoms with Crippen LogP contribution in [-0.4, -0.2) is 49.5 Å². The molecule has 0 saturated carbocycles. The van der Waals surface area contributed by atoms with Crippen LogP contribution in [0.3, 0.4) is 0 Å². The largest absolute Gasteiger partial charge is 0.471 e. The summed E-state index contributed by atoms with van der Waals surface area (Å²) < 4.78 is 8.00. The molecule has 1 aliphatic rings. The number of amides is 1. The number of benzene rings is 2. The molecule has 150 valence electrons. The molecule has 3 heterocycles. The van der Waals surface area contributed by atoms with Gasteiger partial charge in [0.05, 0.1) is 30.1 Å². The lowest BCUT2D eigenvalue weighted by Crippen LogP contribution is -2.31. The molecule has 1 saturated heterocycles. The number of carbonyl (C=O) groups is 1. The van der Waals surface area contributed by atoms with Crippen molar-refractivity contribution in [2.75, 3.05) is 13.1 Å². The smallest absolute Gasteiger partial charge is 0.253 e. The van der Waals surface area contributed by atoms with Gasteiger partial charge in [0.1, 0.15) is 6.10 Å². The molecule has 4 aromatic rings. The first-order valence-electron chi connectivity index (χ1n) is 9.97. The number of hydrogen-bond acceptors (Lipinski definition) is 5. The van der Waals surface area contributed by atoms with Crippen molar-refractivity contribution in [2.45, 2.75) is 19.1 Å². The van der Waals surface area contributed by atoms with E-state index in [1.807, 2.05) is 64.2 Å². The SMILES string of the molecule is O=C(c1ccc(Cn2ccnc2)cc1)N1CCC(Oc2cnc3ccccc3n2)C1. The van der Waals surface area contributed by atoms with Crippen molar-refractivity contribution in [3.63, 3.8) is 0 Å². The van der Waals surface area contributed by atoms with E-state index in [1.165, 1.54) is 0 Å². The number of imidazole rings is 1. The van der Waals surface area contributed by atoms with Crippen LogP contribution in [0, 0.1) is 0 Å². The fourth-order valence-corrected chi connectivity index (χ4v) is 3.70. The second-order valence-electron chi connectivity index (χ2n) is 7.41. The second kappa shape index (κ2) is 7.94. The Morgan fingerprint density at radius 1 is 1.10 bits per heavy atom. The molecule has 0 N–H and O–H groups in total. The van der Waals surface area contributed by atoms with Crippen molar-refractivity contribution >= 4 is 16.9 Å². The van der Waals surface area contributed by atoms with Crippen LogP contribution in [0.4, 0.5) is 0 Å². The van der Waals surface area contributed by atoms with Gasteiger partial charge in [0.25, 0.3) is 5.91 Å². The summed E-state index contributed by atoms with van der Waals surface area (Å²) in [5, 5.41) is 0. The van der Waals surface area contributed by atoms with E-state index in [4.69, 9.17) is 4.74 Å². The van der Waals surface area contributed by atoms with Gasteiger partial charge in [-0.05, 0) is 29.8 Å². The van der Waals surface area contributed by atoms with Crippen LogP contribution in [0.2, 0.25) is 0 Å². The molecule has 1 atom stereocenters. The molecule has 7 heteroatoms. The minimum atomic E-state index is -0.0788. The quantitative estimate of drug-likeness (QED) is 0.515. The predicted molar refractivity (Wildman–Crippen MR) is 112 cm³/mol. The third-order valence-corrected chi connectivity index (χ3v) is 5.27. The highest BCUT2D eigenvalue weighted by Crippen LogP contribution is 2.20. The Balaban J connectivity index is 1.21. The third kappa shape index (κ3) is 3.87. The molecule has 0 aliphatic carbocycles. The van der Waals surface area contributed by atoms with Crippen LogP contribution in [-0.2, 0) is 6.54 Å². The van der Waals surface area contributed by atoms with Crippen LogP contribution < -0.4 is 4.74 Å². The zero-order valence-electron chi connectivity index (χ0n) is 16.4. The van der Waals surface area contributed by atoms with E-state index >= 15 is 0 Å². The van der Waals surface area contributed by atoms with Gasteiger partial charge < -0.3 is 14.2 Å². The lowest BCUT2D eigenvalue weighted by molar-refractivity contribution is 0.0771. The van der Waals surface area contributed by atoms with Gasteiger partial charge in [0, 0.05) is 37.5 Å². The highest BCUT2D eigenvalue weighted by Gasteiger charge is 2.28. The summed E-state index contributed by atoms with van der Waals surface area (Å²) in [6.45, 7) is 1.95. The van der Waals surface area contributed by atoms with Crippen molar-refractivity contribution in [1.82, 2.24) is 24.4 Å². The average Bonchev–Trinajstić information content (AvgIpc) is 3.46. The molecule has 7 nitrogen and oxygen atoms in total. The Hall–Kier alpha value is -3.74. The normalized spacial score (nSPS) is 16.1. The second-order valence-corrected chi connectivity index (χ2v) is 7.41. The highest BCUT2D eigenvalue weighted by molar-refractivity contribution is 5.94. The summed E-state index contributed by atoms with van der Waals surface area (Å²) in [6, 6.07) is 15.4. The van der Waals surface area contributed by atoms with Gasteiger partial charge in [0.2, 0.25) is 5.88 Å².